The van der Waals surface area contributed by atoms with Crippen molar-refractivity contribution in [3.8, 4) is 0 Å². The van der Waals surface area contributed by atoms with E-state index in [1.54, 1.807) is 49.4 Å². The normalized spacial score (nSPS) is 21.1. The van der Waals surface area contributed by atoms with Gasteiger partial charge in [-0.15, -0.1) is 0 Å². The van der Waals surface area contributed by atoms with Gasteiger partial charge in [-0.05, 0) is 18.2 Å². The number of benzene rings is 2. The van der Waals surface area contributed by atoms with Crippen molar-refractivity contribution in [2.75, 3.05) is 5.32 Å². The van der Waals surface area contributed by atoms with Crippen LogP contribution in [0.15, 0.2) is 53.0 Å². The number of ketones is 1. The molecule has 2 aromatic rings. The summed E-state index contributed by atoms with van der Waals surface area (Å²) in [7, 11) is 0. The van der Waals surface area contributed by atoms with Gasteiger partial charge in [-0.25, -0.2) is 0 Å². The fourth-order valence-electron chi connectivity index (χ4n) is 2.75. The number of anilines is 1. The fourth-order valence-corrected chi connectivity index (χ4v) is 3.11. The predicted molar refractivity (Wildman–Crippen MR) is 86.6 cm³/mol. The SMILES string of the molecule is C[C@H](C(=O)c1ccccc1)[C@@]1(O)C(=O)Nc2ccc(Br)cc21. The van der Waals surface area contributed by atoms with Crippen LogP contribution >= 0.6 is 15.9 Å². The molecule has 2 N–H and O–H groups in total. The molecule has 0 fully saturated rings. The minimum atomic E-state index is -1.87. The van der Waals surface area contributed by atoms with Gasteiger partial charge < -0.3 is 10.4 Å². The van der Waals surface area contributed by atoms with E-state index in [1.165, 1.54) is 0 Å². The standard InChI is InChI=1S/C17H14BrNO3/c1-10(15(20)11-5-3-2-4-6-11)17(22)13-9-12(18)7-8-14(13)19-16(17)21/h2-10,22H,1H3,(H,19,21)/t10-,17+/m1/s1. The van der Waals surface area contributed by atoms with Gasteiger partial charge in [-0.3, -0.25) is 9.59 Å². The molecule has 112 valence electrons. The molecule has 1 amide bonds. The van der Waals surface area contributed by atoms with Gasteiger partial charge in [0.05, 0.1) is 5.92 Å². The van der Waals surface area contributed by atoms with E-state index in [4.69, 9.17) is 0 Å². The first-order valence-corrected chi connectivity index (χ1v) is 7.67. The van der Waals surface area contributed by atoms with E-state index in [-0.39, 0.29) is 5.78 Å². The molecule has 0 radical (unpaired) electrons. The summed E-state index contributed by atoms with van der Waals surface area (Å²) in [6, 6.07) is 13.8. The number of rotatable bonds is 3. The molecule has 1 aliphatic rings. The van der Waals surface area contributed by atoms with Crippen LogP contribution in [0.1, 0.15) is 22.8 Å². The van der Waals surface area contributed by atoms with E-state index in [9.17, 15) is 14.7 Å². The van der Waals surface area contributed by atoms with Gasteiger partial charge in [0, 0.05) is 21.3 Å². The first kappa shape index (κ1) is 14.9. The molecular formula is C17H14BrNO3. The molecule has 5 heteroatoms. The van der Waals surface area contributed by atoms with Gasteiger partial charge in [0.2, 0.25) is 0 Å². The summed E-state index contributed by atoms with van der Waals surface area (Å²) in [6.45, 7) is 1.57. The Balaban J connectivity index is 2.05. The highest BCUT2D eigenvalue weighted by Crippen LogP contribution is 2.43. The van der Waals surface area contributed by atoms with Crippen LogP contribution in [0.2, 0.25) is 0 Å². The molecule has 1 aliphatic heterocycles. The lowest BCUT2D eigenvalue weighted by Crippen LogP contribution is -2.44. The molecule has 0 aliphatic carbocycles. The zero-order valence-electron chi connectivity index (χ0n) is 11.8. The number of Topliss-reactive ketones (excluding diaryl/α,β-unsaturated/α-hetero) is 1. The summed E-state index contributed by atoms with van der Waals surface area (Å²) in [5.41, 5.74) is -0.446. The summed E-state index contributed by atoms with van der Waals surface area (Å²) in [4.78, 5) is 24.9. The number of amides is 1. The monoisotopic (exact) mass is 359 g/mol. The Morgan fingerprint density at radius 2 is 1.91 bits per heavy atom. The molecule has 0 unspecified atom stereocenters. The topological polar surface area (TPSA) is 66.4 Å². The maximum atomic E-state index is 12.6. The number of carbonyl (C=O) groups is 2. The Labute approximate surface area is 136 Å². The third-order valence-electron chi connectivity index (χ3n) is 4.06. The zero-order valence-corrected chi connectivity index (χ0v) is 13.4. The first-order chi connectivity index (χ1) is 10.4. The second-order valence-corrected chi connectivity index (χ2v) is 6.28. The van der Waals surface area contributed by atoms with Gasteiger partial charge in [0.15, 0.2) is 11.4 Å². The lowest BCUT2D eigenvalue weighted by Gasteiger charge is -2.27. The molecule has 4 nitrogen and oxygen atoms in total. The lowest BCUT2D eigenvalue weighted by atomic mass is 9.79. The fraction of sp³-hybridized carbons (Fsp3) is 0.176. The summed E-state index contributed by atoms with van der Waals surface area (Å²) >= 11 is 3.33. The van der Waals surface area contributed by atoms with Gasteiger partial charge in [0.25, 0.3) is 5.91 Å². The van der Waals surface area contributed by atoms with Gasteiger partial charge in [-0.2, -0.15) is 0 Å². The van der Waals surface area contributed by atoms with Crippen molar-refractivity contribution < 1.29 is 14.7 Å². The van der Waals surface area contributed by atoms with Crippen LogP contribution in [0.4, 0.5) is 5.69 Å². The predicted octanol–water partition coefficient (Wildman–Crippen LogP) is 3.11. The van der Waals surface area contributed by atoms with E-state index < -0.39 is 17.4 Å². The quantitative estimate of drug-likeness (QED) is 0.827. The number of hydrogen-bond acceptors (Lipinski definition) is 3. The largest absolute Gasteiger partial charge is 0.375 e. The summed E-state index contributed by atoms with van der Waals surface area (Å²) in [5.74, 6) is -1.74. The summed E-state index contributed by atoms with van der Waals surface area (Å²) in [6.07, 6.45) is 0. The number of aliphatic hydroxyl groups is 1. The molecule has 1 heterocycles. The van der Waals surface area contributed by atoms with E-state index in [1.807, 2.05) is 6.07 Å². The number of hydrogen-bond donors (Lipinski definition) is 2. The lowest BCUT2D eigenvalue weighted by molar-refractivity contribution is -0.137. The molecule has 0 saturated carbocycles. The first-order valence-electron chi connectivity index (χ1n) is 6.87. The molecule has 0 saturated heterocycles. The van der Waals surface area contributed by atoms with Crippen LogP contribution in [0, 0.1) is 5.92 Å². The van der Waals surface area contributed by atoms with Crippen LogP contribution in [0.25, 0.3) is 0 Å². The van der Waals surface area contributed by atoms with Gasteiger partial charge >= 0.3 is 0 Å². The van der Waals surface area contributed by atoms with Crippen molar-refractivity contribution in [3.05, 3.63) is 64.1 Å². The van der Waals surface area contributed by atoms with Crippen molar-refractivity contribution in [2.24, 2.45) is 5.92 Å². The highest BCUT2D eigenvalue weighted by atomic mass is 79.9. The Morgan fingerprint density at radius 1 is 1.23 bits per heavy atom. The van der Waals surface area contributed by atoms with Crippen molar-refractivity contribution in [2.45, 2.75) is 12.5 Å². The number of halogens is 1. The Bertz CT molecular complexity index is 760. The minimum Gasteiger partial charge on any atom is -0.375 e. The van der Waals surface area contributed by atoms with E-state index in [0.717, 1.165) is 4.47 Å². The molecule has 0 aromatic heterocycles. The van der Waals surface area contributed by atoms with Gasteiger partial charge in [-0.1, -0.05) is 53.2 Å². The molecule has 2 atom stereocenters. The molecular weight excluding hydrogens is 346 g/mol. The maximum absolute atomic E-state index is 12.6. The third-order valence-corrected chi connectivity index (χ3v) is 4.56. The maximum Gasteiger partial charge on any atom is 0.261 e. The Morgan fingerprint density at radius 3 is 2.59 bits per heavy atom. The number of fused-ring (bicyclic) bond motifs is 1. The van der Waals surface area contributed by atoms with Crippen LogP contribution in [0.5, 0.6) is 0 Å². The highest BCUT2D eigenvalue weighted by molar-refractivity contribution is 9.10. The minimum absolute atomic E-state index is 0.272. The van der Waals surface area contributed by atoms with E-state index >= 15 is 0 Å². The zero-order chi connectivity index (χ0) is 15.9. The average Bonchev–Trinajstić information content (AvgIpc) is 2.79. The Kier molecular flexibility index (Phi) is 3.62. The number of nitrogens with one attached hydrogen (secondary N) is 1. The summed E-state index contributed by atoms with van der Waals surface area (Å²) < 4.78 is 0.737. The van der Waals surface area contributed by atoms with Crippen molar-refractivity contribution in [1.82, 2.24) is 0 Å². The molecule has 0 bridgehead atoms. The van der Waals surface area contributed by atoms with Crippen LogP contribution < -0.4 is 5.32 Å². The van der Waals surface area contributed by atoms with Gasteiger partial charge in [0.1, 0.15) is 0 Å². The van der Waals surface area contributed by atoms with E-state index in [2.05, 4.69) is 21.2 Å². The van der Waals surface area contributed by atoms with E-state index in [0.29, 0.717) is 16.8 Å². The van der Waals surface area contributed by atoms with Crippen molar-refractivity contribution in [3.63, 3.8) is 0 Å². The van der Waals surface area contributed by atoms with Crippen molar-refractivity contribution >= 4 is 33.3 Å². The second-order valence-electron chi connectivity index (χ2n) is 5.36. The number of carbonyl (C=O) groups excluding carboxylic acids is 2. The van der Waals surface area contributed by atoms with Crippen molar-refractivity contribution in [1.29, 1.82) is 0 Å². The highest BCUT2D eigenvalue weighted by Gasteiger charge is 2.52. The van der Waals surface area contributed by atoms with Crippen LogP contribution in [-0.4, -0.2) is 16.8 Å². The van der Waals surface area contributed by atoms with Crippen LogP contribution in [0.3, 0.4) is 0 Å². The molecule has 3 rings (SSSR count). The van der Waals surface area contributed by atoms with Crippen LogP contribution in [-0.2, 0) is 10.4 Å². The summed E-state index contributed by atoms with van der Waals surface area (Å²) in [5, 5.41) is 13.6. The Hall–Kier alpha value is -1.98. The molecule has 2 aromatic carbocycles. The smallest absolute Gasteiger partial charge is 0.261 e. The average molecular weight is 360 g/mol. The molecule has 22 heavy (non-hydrogen) atoms. The molecule has 0 spiro atoms. The second kappa shape index (κ2) is 5.34. The third kappa shape index (κ3) is 2.17.